The van der Waals surface area contributed by atoms with Gasteiger partial charge >= 0.3 is 0 Å². The highest BCUT2D eigenvalue weighted by Crippen LogP contribution is 2.46. The van der Waals surface area contributed by atoms with Crippen LogP contribution < -0.4 is 0 Å². The Kier molecular flexibility index (Phi) is 4.52. The van der Waals surface area contributed by atoms with Gasteiger partial charge in [-0.15, -0.1) is 11.8 Å². The molecule has 2 aliphatic rings. The maximum absolute atomic E-state index is 12.7. The average Bonchev–Trinajstić information content (AvgIpc) is 3.15. The lowest BCUT2D eigenvalue weighted by molar-refractivity contribution is 0.0244. The monoisotopic (exact) mass is 373 g/mol. The van der Waals surface area contributed by atoms with Gasteiger partial charge in [-0.25, -0.2) is 0 Å². The quantitative estimate of drug-likeness (QED) is 0.821. The normalized spacial score (nSPS) is 21.2. The number of aromatic nitrogens is 2. The van der Waals surface area contributed by atoms with Gasteiger partial charge in [0.05, 0.1) is 28.8 Å². The molecule has 1 atom stereocenters. The summed E-state index contributed by atoms with van der Waals surface area (Å²) in [5.74, 6) is 1.60. The second-order valence-electron chi connectivity index (χ2n) is 7.26. The Morgan fingerprint density at radius 2 is 2.19 bits per heavy atom. The minimum absolute atomic E-state index is 0.0285. The molecule has 7 heteroatoms. The molecule has 6 nitrogen and oxygen atoms in total. The Balaban J connectivity index is 1.30. The molecule has 26 heavy (non-hydrogen) atoms. The highest BCUT2D eigenvalue weighted by atomic mass is 32.2. The van der Waals surface area contributed by atoms with E-state index in [1.54, 1.807) is 6.92 Å². The molecule has 2 aromatic heterocycles. The van der Waals surface area contributed by atoms with E-state index >= 15 is 0 Å². The lowest BCUT2D eigenvalue weighted by Crippen LogP contribution is -2.60. The topological polar surface area (TPSA) is 68.5 Å². The number of carbonyl (C=O) groups is 1. The summed E-state index contributed by atoms with van der Waals surface area (Å²) in [6.45, 7) is 7.67. The number of likely N-dealkylation sites (tertiary alicyclic amines) is 1. The van der Waals surface area contributed by atoms with E-state index in [1.165, 1.54) is 0 Å². The number of hydrogen-bond donors (Lipinski definition) is 0. The minimum atomic E-state index is 0.0285. The summed E-state index contributed by atoms with van der Waals surface area (Å²) >= 11 is 1.93. The first-order valence-corrected chi connectivity index (χ1v) is 9.85. The fraction of sp³-hybridized carbons (Fsp3) is 0.526. The van der Waals surface area contributed by atoms with Crippen molar-refractivity contribution in [1.29, 1.82) is 0 Å². The molecule has 0 saturated carbocycles. The van der Waals surface area contributed by atoms with Gasteiger partial charge in [0, 0.05) is 24.5 Å². The van der Waals surface area contributed by atoms with E-state index in [0.717, 1.165) is 36.7 Å². The second-order valence-corrected chi connectivity index (χ2v) is 8.75. The molecule has 2 aromatic rings. The number of thioether (sulfide) groups is 1. The lowest BCUT2D eigenvalue weighted by atomic mass is 9.92. The molecule has 1 amide bonds. The molecular formula is C19H23N3O3S. The summed E-state index contributed by atoms with van der Waals surface area (Å²) in [6, 6.07) is 6.00. The van der Waals surface area contributed by atoms with Crippen LogP contribution in [0.1, 0.15) is 39.6 Å². The minimum Gasteiger partial charge on any atom is -0.371 e. The van der Waals surface area contributed by atoms with Crippen LogP contribution in [0.3, 0.4) is 0 Å². The van der Waals surface area contributed by atoms with E-state index < -0.39 is 0 Å². The maximum atomic E-state index is 12.7. The van der Waals surface area contributed by atoms with Gasteiger partial charge in [0.2, 0.25) is 0 Å². The van der Waals surface area contributed by atoms with Gasteiger partial charge in [-0.05, 0) is 39.3 Å². The van der Waals surface area contributed by atoms with Crippen molar-refractivity contribution in [3.05, 3.63) is 46.6 Å². The number of hydrogen-bond acceptors (Lipinski definition) is 6. The first-order chi connectivity index (χ1) is 12.5. The van der Waals surface area contributed by atoms with Crippen molar-refractivity contribution in [2.24, 2.45) is 0 Å². The van der Waals surface area contributed by atoms with E-state index in [4.69, 9.17) is 9.26 Å². The number of amides is 1. The van der Waals surface area contributed by atoms with Crippen LogP contribution in [0.15, 0.2) is 22.7 Å². The first kappa shape index (κ1) is 17.5. The Morgan fingerprint density at radius 1 is 1.38 bits per heavy atom. The molecule has 0 bridgehead atoms. The Labute approximate surface area is 157 Å². The Hall–Kier alpha value is -1.86. The molecule has 4 rings (SSSR count). The van der Waals surface area contributed by atoms with E-state index in [-0.39, 0.29) is 16.8 Å². The standard InChI is InChI=1S/C19H23N3O3S/c1-12-5-4-6-15(20-12)8-24-16-7-19(26-9-16)10-22(11-19)18(23)17-13(2)21-25-14(17)3/h4-6,16H,7-11H2,1-3H3. The van der Waals surface area contributed by atoms with E-state index in [9.17, 15) is 4.79 Å². The fourth-order valence-electron chi connectivity index (χ4n) is 3.75. The lowest BCUT2D eigenvalue weighted by Gasteiger charge is -2.47. The summed E-state index contributed by atoms with van der Waals surface area (Å²) in [6.07, 6.45) is 1.20. The van der Waals surface area contributed by atoms with Crippen LogP contribution in [-0.2, 0) is 11.3 Å². The van der Waals surface area contributed by atoms with Gasteiger partial charge in [-0.3, -0.25) is 9.78 Å². The Bertz CT molecular complexity index is 810. The molecule has 138 valence electrons. The van der Waals surface area contributed by atoms with E-state index in [1.807, 2.05) is 48.7 Å². The molecule has 0 aromatic carbocycles. The van der Waals surface area contributed by atoms with Gasteiger partial charge in [-0.1, -0.05) is 11.2 Å². The van der Waals surface area contributed by atoms with Crippen LogP contribution in [0.2, 0.25) is 0 Å². The van der Waals surface area contributed by atoms with E-state index in [0.29, 0.717) is 23.6 Å². The predicted octanol–water partition coefficient (Wildman–Crippen LogP) is 2.91. The highest BCUT2D eigenvalue weighted by Gasteiger charge is 2.51. The molecule has 1 unspecified atom stereocenters. The summed E-state index contributed by atoms with van der Waals surface area (Å²) in [5.41, 5.74) is 3.26. The number of aryl methyl sites for hydroxylation is 3. The molecule has 2 fully saturated rings. The molecular weight excluding hydrogens is 350 g/mol. The Morgan fingerprint density at radius 3 is 2.88 bits per heavy atom. The van der Waals surface area contributed by atoms with Gasteiger partial charge in [0.1, 0.15) is 11.3 Å². The van der Waals surface area contributed by atoms with E-state index in [2.05, 4.69) is 10.1 Å². The van der Waals surface area contributed by atoms with Gasteiger partial charge in [-0.2, -0.15) is 0 Å². The third-order valence-electron chi connectivity index (χ3n) is 5.08. The predicted molar refractivity (Wildman–Crippen MR) is 99.2 cm³/mol. The second kappa shape index (κ2) is 6.70. The highest BCUT2D eigenvalue weighted by molar-refractivity contribution is 8.01. The number of carbonyl (C=O) groups excluding carboxylic acids is 1. The summed E-state index contributed by atoms with van der Waals surface area (Å²) in [5, 5.41) is 3.88. The average molecular weight is 373 g/mol. The zero-order valence-electron chi connectivity index (χ0n) is 15.3. The molecule has 0 aliphatic carbocycles. The summed E-state index contributed by atoms with van der Waals surface area (Å²) < 4.78 is 11.3. The molecule has 4 heterocycles. The van der Waals surface area contributed by atoms with Crippen LogP contribution in [-0.4, -0.2) is 50.6 Å². The number of pyridine rings is 1. The van der Waals surface area contributed by atoms with Crippen LogP contribution in [0, 0.1) is 20.8 Å². The van der Waals surface area contributed by atoms with Gasteiger partial charge in [0.15, 0.2) is 0 Å². The molecule has 0 radical (unpaired) electrons. The van der Waals surface area contributed by atoms with Crippen molar-refractivity contribution < 1.29 is 14.1 Å². The van der Waals surface area contributed by atoms with Crippen molar-refractivity contribution in [2.45, 2.75) is 44.6 Å². The summed E-state index contributed by atoms with van der Waals surface area (Å²) in [4.78, 5) is 19.0. The molecule has 1 spiro atoms. The molecule has 2 saturated heterocycles. The van der Waals surface area contributed by atoms with Gasteiger partial charge in [0.25, 0.3) is 5.91 Å². The maximum Gasteiger partial charge on any atom is 0.259 e. The zero-order chi connectivity index (χ0) is 18.3. The van der Waals surface area contributed by atoms with Crippen molar-refractivity contribution in [3.63, 3.8) is 0 Å². The smallest absolute Gasteiger partial charge is 0.259 e. The molecule has 2 aliphatic heterocycles. The van der Waals surface area contributed by atoms with Crippen molar-refractivity contribution in [2.75, 3.05) is 18.8 Å². The van der Waals surface area contributed by atoms with Crippen LogP contribution in [0.4, 0.5) is 0 Å². The number of ether oxygens (including phenoxy) is 1. The number of nitrogens with zero attached hydrogens (tertiary/aromatic N) is 3. The molecule has 0 N–H and O–H groups in total. The largest absolute Gasteiger partial charge is 0.371 e. The van der Waals surface area contributed by atoms with Crippen molar-refractivity contribution in [1.82, 2.24) is 15.0 Å². The zero-order valence-corrected chi connectivity index (χ0v) is 16.1. The summed E-state index contributed by atoms with van der Waals surface area (Å²) in [7, 11) is 0. The van der Waals surface area contributed by atoms with Crippen LogP contribution in [0.25, 0.3) is 0 Å². The van der Waals surface area contributed by atoms with Crippen molar-refractivity contribution >= 4 is 17.7 Å². The van der Waals surface area contributed by atoms with Gasteiger partial charge < -0.3 is 14.2 Å². The van der Waals surface area contributed by atoms with Crippen LogP contribution >= 0.6 is 11.8 Å². The fourth-order valence-corrected chi connectivity index (χ4v) is 5.30. The van der Waals surface area contributed by atoms with Crippen molar-refractivity contribution in [3.8, 4) is 0 Å². The SMILES string of the molecule is Cc1cccc(COC2CSC3(C2)CN(C(=O)c2c(C)noc2C)C3)n1. The number of rotatable bonds is 4. The third-order valence-corrected chi connectivity index (χ3v) is 6.66. The first-order valence-electron chi connectivity index (χ1n) is 8.86. The third kappa shape index (κ3) is 3.25. The van der Waals surface area contributed by atoms with Crippen LogP contribution in [0.5, 0.6) is 0 Å².